The molecular weight excluding hydrogens is 1080 g/mol. The Morgan fingerprint density at radius 1 is 0.407 bits per heavy atom. The lowest BCUT2D eigenvalue weighted by Crippen LogP contribution is -2.47. The van der Waals surface area contributed by atoms with Gasteiger partial charge in [-0.25, -0.2) is 4.57 Å². The first-order valence-electron chi connectivity index (χ1n) is 37.1. The number of esters is 1. The van der Waals surface area contributed by atoms with Crippen molar-refractivity contribution in [1.29, 1.82) is 0 Å². The fourth-order valence-electron chi connectivity index (χ4n) is 11.0. The summed E-state index contributed by atoms with van der Waals surface area (Å²) in [6, 6.07) is -0.850. The molecule has 0 heterocycles. The van der Waals surface area contributed by atoms with E-state index >= 15 is 0 Å². The summed E-state index contributed by atoms with van der Waals surface area (Å²) in [6.45, 7) is 7.04. The number of allylic oxidation sites excluding steroid dienone is 9. The number of carbonyl (C=O) groups excluding carboxylic acids is 2. The maximum atomic E-state index is 13.6. The quantitative estimate of drug-likeness (QED) is 0.0205. The lowest BCUT2D eigenvalue weighted by atomic mass is 10.0. The van der Waals surface area contributed by atoms with Gasteiger partial charge in [-0.2, -0.15) is 0 Å². The highest BCUT2D eigenvalue weighted by Crippen LogP contribution is 2.43. The number of phosphoric acid groups is 1. The molecule has 0 rings (SSSR count). The van der Waals surface area contributed by atoms with Crippen molar-refractivity contribution in [3.8, 4) is 0 Å². The Bertz CT molecular complexity index is 1650. The molecule has 0 saturated heterocycles. The molecule has 0 aliphatic heterocycles. The number of amides is 1. The number of phosphoric ester groups is 1. The summed E-state index contributed by atoms with van der Waals surface area (Å²) in [5.74, 6) is -0.492. The third kappa shape index (κ3) is 66.1. The molecule has 3 atom stereocenters. The minimum absolute atomic E-state index is 0.0405. The first-order valence-corrected chi connectivity index (χ1v) is 38.6. The van der Waals surface area contributed by atoms with E-state index in [0.29, 0.717) is 23.9 Å². The zero-order valence-corrected chi connectivity index (χ0v) is 58.7. The van der Waals surface area contributed by atoms with Crippen LogP contribution in [0, 0.1) is 0 Å². The normalized spacial score (nSPS) is 13.8. The summed E-state index contributed by atoms with van der Waals surface area (Å²) in [4.78, 5) is 37.9. The number of ether oxygens (including phenoxy) is 1. The number of nitrogens with zero attached hydrogens (tertiary/aromatic N) is 1. The van der Waals surface area contributed by atoms with E-state index in [4.69, 9.17) is 13.8 Å². The molecule has 0 aromatic heterocycles. The van der Waals surface area contributed by atoms with Crippen molar-refractivity contribution < 1.29 is 37.3 Å². The van der Waals surface area contributed by atoms with Crippen molar-refractivity contribution in [2.24, 2.45) is 0 Å². The van der Waals surface area contributed by atoms with Crippen LogP contribution in [0.15, 0.2) is 60.8 Å². The Morgan fingerprint density at radius 2 is 0.709 bits per heavy atom. The molecular formula is C76H144N2O7P+. The summed E-state index contributed by atoms with van der Waals surface area (Å²) >= 11 is 0. The van der Waals surface area contributed by atoms with Crippen LogP contribution >= 0.6 is 7.82 Å². The fourth-order valence-corrected chi connectivity index (χ4v) is 11.7. The highest BCUT2D eigenvalue weighted by molar-refractivity contribution is 7.47. The van der Waals surface area contributed by atoms with Crippen LogP contribution in [0.25, 0.3) is 0 Å². The smallest absolute Gasteiger partial charge is 0.456 e. The van der Waals surface area contributed by atoms with Gasteiger partial charge in [-0.1, -0.05) is 332 Å². The van der Waals surface area contributed by atoms with Crippen LogP contribution in [0.3, 0.4) is 0 Å². The van der Waals surface area contributed by atoms with Gasteiger partial charge in [-0.15, -0.1) is 0 Å². The van der Waals surface area contributed by atoms with Gasteiger partial charge in [-0.3, -0.25) is 18.6 Å². The van der Waals surface area contributed by atoms with Crippen LogP contribution in [-0.4, -0.2) is 74.3 Å². The maximum Gasteiger partial charge on any atom is 0.472 e. The summed E-state index contributed by atoms with van der Waals surface area (Å²) in [5, 5.41) is 3.08. The van der Waals surface area contributed by atoms with E-state index < -0.39 is 20.0 Å². The maximum absolute atomic E-state index is 13.6. The third-order valence-electron chi connectivity index (χ3n) is 16.7. The molecule has 2 N–H and O–H groups in total. The molecule has 0 radical (unpaired) electrons. The van der Waals surface area contributed by atoms with Gasteiger partial charge in [0.25, 0.3) is 0 Å². The van der Waals surface area contributed by atoms with Gasteiger partial charge < -0.3 is 19.4 Å². The Morgan fingerprint density at radius 3 is 1.08 bits per heavy atom. The highest BCUT2D eigenvalue weighted by Gasteiger charge is 2.30. The van der Waals surface area contributed by atoms with E-state index in [0.717, 1.165) is 77.0 Å². The zero-order chi connectivity index (χ0) is 62.8. The van der Waals surface area contributed by atoms with E-state index in [9.17, 15) is 19.0 Å². The van der Waals surface area contributed by atoms with Gasteiger partial charge in [0.2, 0.25) is 5.91 Å². The van der Waals surface area contributed by atoms with Crippen molar-refractivity contribution in [2.45, 2.75) is 373 Å². The second-order valence-corrected chi connectivity index (χ2v) is 27.9. The number of hydrogen-bond acceptors (Lipinski definition) is 6. The Kier molecular flexibility index (Phi) is 63.9. The molecule has 504 valence electrons. The number of likely N-dealkylation sites (N-methyl/N-ethyl adjacent to an activating group) is 1. The molecule has 3 unspecified atom stereocenters. The van der Waals surface area contributed by atoms with Crippen molar-refractivity contribution in [3.63, 3.8) is 0 Å². The molecule has 0 aliphatic rings. The predicted molar refractivity (Wildman–Crippen MR) is 374 cm³/mol. The van der Waals surface area contributed by atoms with Gasteiger partial charge in [0.05, 0.1) is 33.8 Å². The number of nitrogens with one attached hydrogen (secondary N) is 1. The lowest BCUT2D eigenvalue weighted by Gasteiger charge is -2.27. The second kappa shape index (κ2) is 65.7. The van der Waals surface area contributed by atoms with Crippen LogP contribution in [0.2, 0.25) is 0 Å². The van der Waals surface area contributed by atoms with Crippen LogP contribution in [-0.2, 0) is 27.9 Å². The van der Waals surface area contributed by atoms with Crippen LogP contribution in [0.4, 0.5) is 0 Å². The lowest BCUT2D eigenvalue weighted by molar-refractivity contribution is -0.870. The molecule has 0 aliphatic carbocycles. The van der Waals surface area contributed by atoms with Gasteiger partial charge >= 0.3 is 13.8 Å². The number of quaternary nitrogens is 1. The summed E-state index contributed by atoms with van der Waals surface area (Å²) in [5.41, 5.74) is 0. The largest absolute Gasteiger partial charge is 0.472 e. The summed E-state index contributed by atoms with van der Waals surface area (Å²) in [6.07, 6.45) is 85.2. The monoisotopic (exact) mass is 1230 g/mol. The molecule has 10 heteroatoms. The average molecular weight is 1230 g/mol. The van der Waals surface area contributed by atoms with Gasteiger partial charge in [0, 0.05) is 12.8 Å². The summed E-state index contributed by atoms with van der Waals surface area (Å²) in [7, 11) is 1.51. The predicted octanol–water partition coefficient (Wildman–Crippen LogP) is 23.7. The number of carbonyl (C=O) groups is 2. The first kappa shape index (κ1) is 83.7. The van der Waals surface area contributed by atoms with Crippen molar-refractivity contribution in [1.82, 2.24) is 5.32 Å². The highest BCUT2D eigenvalue weighted by atomic mass is 31.2. The van der Waals surface area contributed by atoms with Gasteiger partial charge in [0.1, 0.15) is 19.3 Å². The molecule has 0 aromatic carbocycles. The third-order valence-corrected chi connectivity index (χ3v) is 17.7. The molecule has 0 spiro atoms. The fraction of sp³-hybridized carbons (Fsp3) is 0.842. The molecule has 86 heavy (non-hydrogen) atoms. The van der Waals surface area contributed by atoms with E-state index in [-0.39, 0.29) is 25.1 Å². The van der Waals surface area contributed by atoms with Gasteiger partial charge in [0.15, 0.2) is 0 Å². The Balaban J connectivity index is 5.00. The molecule has 1 amide bonds. The van der Waals surface area contributed by atoms with Crippen molar-refractivity contribution in [2.75, 3.05) is 40.9 Å². The van der Waals surface area contributed by atoms with E-state index in [1.54, 1.807) is 0 Å². The topological polar surface area (TPSA) is 111 Å². The van der Waals surface area contributed by atoms with E-state index in [2.05, 4.69) is 74.7 Å². The summed E-state index contributed by atoms with van der Waals surface area (Å²) < 4.78 is 30.9. The van der Waals surface area contributed by atoms with Crippen molar-refractivity contribution in [3.05, 3.63) is 60.8 Å². The molecule has 0 saturated carbocycles. The first-order chi connectivity index (χ1) is 41.9. The number of hydrogen-bond donors (Lipinski definition) is 2. The average Bonchev–Trinajstić information content (AvgIpc) is 3.67. The molecule has 0 fully saturated rings. The molecule has 0 aromatic rings. The van der Waals surface area contributed by atoms with Crippen molar-refractivity contribution >= 4 is 19.7 Å². The van der Waals surface area contributed by atoms with Crippen LogP contribution < -0.4 is 5.32 Å². The SMILES string of the molecule is CCCCC/C=C\C/C=C\C/C=C\C/C=C\CCCCCCCCCCCCCC(=O)NC(COP(=O)(O)OCC[N+](C)(C)C)C(/C=C\CCCCCCCCCCCC)OC(=O)CCCCCCCCCCCCCCCCCCCCCCC. The second-order valence-electron chi connectivity index (χ2n) is 26.5. The van der Waals surface area contributed by atoms with Crippen LogP contribution in [0.1, 0.15) is 361 Å². The molecule has 0 bridgehead atoms. The standard InChI is InChI=1S/C76H143N2O7P/c1-7-10-13-16-19-22-25-28-30-32-34-36-37-38-39-40-41-43-44-46-48-50-53-56-59-62-65-68-75(79)77-73(72-84-86(81,82)83-71-70-78(4,5)6)74(67-64-61-58-55-52-27-24-21-18-15-12-9-3)85-76(80)69-66-63-60-57-54-51-49-47-45-42-35-33-31-29-26-23-20-17-14-11-8-2/h19,22,28,30,34,36,38-39,64,67,73-74H,7-18,20-21,23-27,29,31-33,35,37,40-63,65-66,68-72H2,1-6H3,(H-,77,79,81,82)/p+1/b22-19-,30-28-,36-34-,39-38-,67-64-. The van der Waals surface area contributed by atoms with E-state index in [1.807, 2.05) is 33.3 Å². The Hall–Kier alpha value is -2.29. The van der Waals surface area contributed by atoms with Crippen LogP contribution in [0.5, 0.6) is 0 Å². The number of unbranched alkanes of at least 4 members (excludes halogenated alkanes) is 44. The Labute approximate surface area is 534 Å². The minimum atomic E-state index is -4.46. The van der Waals surface area contributed by atoms with E-state index in [1.165, 1.54) is 250 Å². The number of rotatable bonds is 68. The minimum Gasteiger partial charge on any atom is -0.456 e. The molecule has 9 nitrogen and oxygen atoms in total. The van der Waals surface area contributed by atoms with Gasteiger partial charge in [-0.05, 0) is 76.7 Å². The zero-order valence-electron chi connectivity index (χ0n) is 57.8.